The summed E-state index contributed by atoms with van der Waals surface area (Å²) >= 11 is 0. The highest BCUT2D eigenvalue weighted by Crippen LogP contribution is 2.10. The highest BCUT2D eigenvalue weighted by molar-refractivity contribution is 5.93. The van der Waals surface area contributed by atoms with Crippen molar-refractivity contribution in [3.8, 4) is 11.9 Å². The lowest BCUT2D eigenvalue weighted by Crippen LogP contribution is -2.27. The number of carbonyl (C=O) groups is 1. The summed E-state index contributed by atoms with van der Waals surface area (Å²) in [4.78, 5) is 17.1. The summed E-state index contributed by atoms with van der Waals surface area (Å²) in [7, 11) is 1.57. The van der Waals surface area contributed by atoms with Gasteiger partial charge in [0.15, 0.2) is 0 Å². The number of pyridine rings is 1. The van der Waals surface area contributed by atoms with Gasteiger partial charge in [-0.3, -0.25) is 4.79 Å². The van der Waals surface area contributed by atoms with Crippen LogP contribution in [0.5, 0.6) is 5.88 Å². The molecule has 0 radical (unpaired) electrons. The van der Waals surface area contributed by atoms with Gasteiger partial charge in [-0.15, -0.1) is 0 Å². The Kier molecular flexibility index (Phi) is 4.46. The molecule has 1 heterocycles. The fourth-order valence-electron chi connectivity index (χ4n) is 1.22. The number of hydrogen-bond donors (Lipinski definition) is 0. The first-order valence-corrected chi connectivity index (χ1v) is 5.29. The standard InChI is InChI=1S/C12H15N3O2/c1-9(2)17-11-5-4-10(8-14-11)12(16)15(3)7-6-13/h4-5,8-9H,7H2,1-3H3. The van der Waals surface area contributed by atoms with Gasteiger partial charge in [0, 0.05) is 19.3 Å². The number of hydrogen-bond acceptors (Lipinski definition) is 4. The van der Waals surface area contributed by atoms with Crippen LogP contribution in [0.2, 0.25) is 0 Å². The van der Waals surface area contributed by atoms with Crippen molar-refractivity contribution >= 4 is 5.91 Å². The topological polar surface area (TPSA) is 66.2 Å². The largest absolute Gasteiger partial charge is 0.475 e. The van der Waals surface area contributed by atoms with Gasteiger partial charge in [-0.2, -0.15) is 5.26 Å². The van der Waals surface area contributed by atoms with Gasteiger partial charge in [0.25, 0.3) is 5.91 Å². The summed E-state index contributed by atoms with van der Waals surface area (Å²) in [5, 5.41) is 8.50. The van der Waals surface area contributed by atoms with Crippen molar-refractivity contribution in [2.24, 2.45) is 0 Å². The normalized spacial score (nSPS) is 9.82. The van der Waals surface area contributed by atoms with Crippen molar-refractivity contribution in [1.29, 1.82) is 5.26 Å². The molecule has 0 fully saturated rings. The summed E-state index contributed by atoms with van der Waals surface area (Å²) in [5.74, 6) is 0.259. The van der Waals surface area contributed by atoms with E-state index >= 15 is 0 Å². The average molecular weight is 233 g/mol. The summed E-state index contributed by atoms with van der Waals surface area (Å²) in [6, 6.07) is 5.20. The molecule has 0 aromatic carbocycles. The number of nitrogens with zero attached hydrogens (tertiary/aromatic N) is 3. The zero-order valence-electron chi connectivity index (χ0n) is 10.2. The summed E-state index contributed by atoms with van der Waals surface area (Å²) < 4.78 is 5.37. The smallest absolute Gasteiger partial charge is 0.256 e. The first-order valence-electron chi connectivity index (χ1n) is 5.29. The lowest BCUT2D eigenvalue weighted by Gasteiger charge is -2.13. The second-order valence-corrected chi connectivity index (χ2v) is 3.87. The number of aromatic nitrogens is 1. The molecule has 0 aliphatic heterocycles. The minimum Gasteiger partial charge on any atom is -0.475 e. The van der Waals surface area contributed by atoms with Gasteiger partial charge >= 0.3 is 0 Å². The number of rotatable bonds is 4. The van der Waals surface area contributed by atoms with E-state index in [2.05, 4.69) is 4.98 Å². The van der Waals surface area contributed by atoms with Crippen molar-refractivity contribution in [1.82, 2.24) is 9.88 Å². The van der Waals surface area contributed by atoms with Gasteiger partial charge in [0.1, 0.15) is 6.54 Å². The van der Waals surface area contributed by atoms with Crippen molar-refractivity contribution in [3.63, 3.8) is 0 Å². The summed E-state index contributed by atoms with van der Waals surface area (Å²) in [6.07, 6.45) is 1.50. The molecule has 1 aromatic heterocycles. The van der Waals surface area contributed by atoms with Gasteiger partial charge in [-0.05, 0) is 19.9 Å². The van der Waals surface area contributed by atoms with Crippen LogP contribution in [0.4, 0.5) is 0 Å². The van der Waals surface area contributed by atoms with Gasteiger partial charge in [0.05, 0.1) is 17.7 Å². The van der Waals surface area contributed by atoms with Gasteiger partial charge in [-0.1, -0.05) is 0 Å². The van der Waals surface area contributed by atoms with E-state index in [4.69, 9.17) is 10.00 Å². The second-order valence-electron chi connectivity index (χ2n) is 3.87. The highest BCUT2D eigenvalue weighted by atomic mass is 16.5. The predicted molar refractivity (Wildman–Crippen MR) is 62.6 cm³/mol. The molecule has 5 nitrogen and oxygen atoms in total. The van der Waals surface area contributed by atoms with Gasteiger partial charge in [-0.25, -0.2) is 4.98 Å². The minimum absolute atomic E-state index is 0.0466. The zero-order valence-corrected chi connectivity index (χ0v) is 10.2. The second kappa shape index (κ2) is 5.85. The first-order chi connectivity index (χ1) is 8.04. The Morgan fingerprint density at radius 2 is 2.29 bits per heavy atom. The Balaban J connectivity index is 2.74. The van der Waals surface area contributed by atoms with E-state index < -0.39 is 0 Å². The lowest BCUT2D eigenvalue weighted by atomic mass is 10.2. The van der Waals surface area contributed by atoms with Crippen LogP contribution in [0, 0.1) is 11.3 Å². The molecule has 17 heavy (non-hydrogen) atoms. The number of nitriles is 1. The fraction of sp³-hybridized carbons (Fsp3) is 0.417. The van der Waals surface area contributed by atoms with Crippen LogP contribution in [0.1, 0.15) is 24.2 Å². The van der Waals surface area contributed by atoms with E-state index in [0.717, 1.165) is 0 Å². The van der Waals surface area contributed by atoms with Gasteiger partial charge < -0.3 is 9.64 Å². The molecule has 0 N–H and O–H groups in total. The van der Waals surface area contributed by atoms with E-state index in [1.165, 1.54) is 11.1 Å². The third-order valence-corrected chi connectivity index (χ3v) is 1.99. The molecule has 0 unspecified atom stereocenters. The molecule has 5 heteroatoms. The molecular weight excluding hydrogens is 218 g/mol. The molecule has 1 rings (SSSR count). The summed E-state index contributed by atoms with van der Waals surface area (Å²) in [6.45, 7) is 3.87. The molecule has 90 valence electrons. The minimum atomic E-state index is -0.227. The molecule has 0 saturated carbocycles. The third kappa shape index (κ3) is 3.76. The molecule has 0 bridgehead atoms. The van der Waals surface area contributed by atoms with E-state index in [-0.39, 0.29) is 18.6 Å². The Bertz CT molecular complexity index is 420. The van der Waals surface area contributed by atoms with E-state index in [0.29, 0.717) is 11.4 Å². The molecule has 0 spiro atoms. The Labute approximate surface area is 101 Å². The fourth-order valence-corrected chi connectivity index (χ4v) is 1.22. The van der Waals surface area contributed by atoms with Crippen LogP contribution in [0.15, 0.2) is 18.3 Å². The maximum Gasteiger partial charge on any atom is 0.256 e. The third-order valence-electron chi connectivity index (χ3n) is 1.99. The Morgan fingerprint density at radius 1 is 1.59 bits per heavy atom. The van der Waals surface area contributed by atoms with Crippen LogP contribution < -0.4 is 4.74 Å². The monoisotopic (exact) mass is 233 g/mol. The van der Waals surface area contributed by atoms with Crippen molar-refractivity contribution in [2.45, 2.75) is 20.0 Å². The molecule has 1 amide bonds. The van der Waals surface area contributed by atoms with Crippen molar-refractivity contribution < 1.29 is 9.53 Å². The molecule has 0 aliphatic rings. The van der Waals surface area contributed by atoms with Crippen molar-refractivity contribution in [2.75, 3.05) is 13.6 Å². The van der Waals surface area contributed by atoms with E-state index in [1.807, 2.05) is 19.9 Å². The van der Waals surface area contributed by atoms with Crippen LogP contribution in [0.3, 0.4) is 0 Å². The van der Waals surface area contributed by atoms with Crippen molar-refractivity contribution in [3.05, 3.63) is 23.9 Å². The molecular formula is C12H15N3O2. The highest BCUT2D eigenvalue weighted by Gasteiger charge is 2.11. The molecule has 1 aromatic rings. The SMILES string of the molecule is CC(C)Oc1ccc(C(=O)N(C)CC#N)cn1. The maximum absolute atomic E-state index is 11.8. The quantitative estimate of drug-likeness (QED) is 0.738. The molecule has 0 aliphatic carbocycles. The Morgan fingerprint density at radius 3 is 2.76 bits per heavy atom. The van der Waals surface area contributed by atoms with Crippen LogP contribution >= 0.6 is 0 Å². The summed E-state index contributed by atoms with van der Waals surface area (Å²) in [5.41, 5.74) is 0.443. The average Bonchev–Trinajstić information content (AvgIpc) is 2.28. The zero-order chi connectivity index (χ0) is 12.8. The van der Waals surface area contributed by atoms with Crippen LogP contribution in [-0.2, 0) is 0 Å². The van der Waals surface area contributed by atoms with Gasteiger partial charge in [0.2, 0.25) is 5.88 Å². The number of carbonyl (C=O) groups excluding carboxylic acids is 1. The number of amides is 1. The molecule has 0 saturated heterocycles. The Hall–Kier alpha value is -2.09. The van der Waals surface area contributed by atoms with Crippen LogP contribution in [0.25, 0.3) is 0 Å². The predicted octanol–water partition coefficient (Wildman–Crippen LogP) is 1.46. The number of ether oxygens (including phenoxy) is 1. The molecule has 0 atom stereocenters. The van der Waals surface area contributed by atoms with E-state index in [9.17, 15) is 4.79 Å². The first kappa shape index (κ1) is 13.0. The maximum atomic E-state index is 11.8. The van der Waals surface area contributed by atoms with Crippen LogP contribution in [-0.4, -0.2) is 35.5 Å². The van der Waals surface area contributed by atoms with E-state index in [1.54, 1.807) is 19.2 Å². The lowest BCUT2D eigenvalue weighted by molar-refractivity contribution is 0.0811.